The van der Waals surface area contributed by atoms with Gasteiger partial charge in [0, 0.05) is 17.1 Å². The Balaban J connectivity index is 2.81. The molecule has 0 bridgehead atoms. The monoisotopic (exact) mass is 283 g/mol. The number of aliphatic hydroxyl groups excluding tert-OH is 1. The molecule has 104 valence electrons. The topological polar surface area (TPSA) is 58.6 Å². The summed E-state index contributed by atoms with van der Waals surface area (Å²) < 4.78 is 5.56. The van der Waals surface area contributed by atoms with Crippen LogP contribution < -0.4 is 10.1 Å². The van der Waals surface area contributed by atoms with Gasteiger partial charge in [0.2, 0.25) is 0 Å². The summed E-state index contributed by atoms with van der Waals surface area (Å²) in [4.78, 5) is 11.7. The van der Waals surface area contributed by atoms with Crippen LogP contribution in [-0.2, 0) is 4.79 Å². The first-order valence-corrected chi connectivity index (χ1v) is 6.36. The molecule has 0 fully saturated rings. The number of carbonyl (C=O) groups excluding carboxylic acids is 1. The number of amides is 1. The minimum absolute atomic E-state index is 0.244. The van der Waals surface area contributed by atoms with Gasteiger partial charge in [-0.05, 0) is 32.0 Å². The SMILES string of the molecule is C=CCNC(=O)C(C)Oc1ccc(Cl)cc1[C@@H](C)O. The second-order valence-corrected chi connectivity index (χ2v) is 4.59. The number of hydrogen-bond acceptors (Lipinski definition) is 3. The van der Waals surface area contributed by atoms with Crippen molar-refractivity contribution in [1.82, 2.24) is 5.32 Å². The average molecular weight is 284 g/mol. The number of halogens is 1. The van der Waals surface area contributed by atoms with Crippen LogP contribution in [0.1, 0.15) is 25.5 Å². The molecule has 0 aliphatic carbocycles. The lowest BCUT2D eigenvalue weighted by atomic mass is 10.1. The molecule has 1 aromatic rings. The van der Waals surface area contributed by atoms with Gasteiger partial charge in [-0.2, -0.15) is 0 Å². The van der Waals surface area contributed by atoms with Crippen LogP contribution >= 0.6 is 11.6 Å². The lowest BCUT2D eigenvalue weighted by Crippen LogP contribution is -2.36. The standard InChI is InChI=1S/C14H18ClNO3/c1-4-7-16-14(18)10(3)19-13-6-5-11(15)8-12(13)9(2)17/h4-6,8-10,17H,1,7H2,2-3H3,(H,16,18)/t9-,10?/m1/s1. The van der Waals surface area contributed by atoms with Crippen molar-refractivity contribution in [2.24, 2.45) is 0 Å². The highest BCUT2D eigenvalue weighted by atomic mass is 35.5. The van der Waals surface area contributed by atoms with Gasteiger partial charge in [-0.1, -0.05) is 17.7 Å². The molecule has 0 heterocycles. The lowest BCUT2D eigenvalue weighted by Gasteiger charge is -2.18. The Labute approximate surface area is 118 Å². The first-order valence-electron chi connectivity index (χ1n) is 5.98. The van der Waals surface area contributed by atoms with Crippen LogP contribution in [-0.4, -0.2) is 23.7 Å². The highest BCUT2D eigenvalue weighted by molar-refractivity contribution is 6.30. The molecule has 0 aliphatic heterocycles. The first kappa shape index (κ1) is 15.5. The molecule has 5 heteroatoms. The van der Waals surface area contributed by atoms with Gasteiger partial charge in [-0.15, -0.1) is 6.58 Å². The molecule has 2 atom stereocenters. The maximum Gasteiger partial charge on any atom is 0.261 e. The van der Waals surface area contributed by atoms with E-state index in [1.54, 1.807) is 38.1 Å². The maximum absolute atomic E-state index is 11.7. The van der Waals surface area contributed by atoms with E-state index in [0.717, 1.165) is 0 Å². The molecule has 19 heavy (non-hydrogen) atoms. The molecule has 1 aromatic carbocycles. The maximum atomic E-state index is 11.7. The average Bonchev–Trinajstić information content (AvgIpc) is 2.37. The highest BCUT2D eigenvalue weighted by Crippen LogP contribution is 2.29. The molecule has 0 spiro atoms. The third-order valence-corrected chi connectivity index (χ3v) is 2.75. The summed E-state index contributed by atoms with van der Waals surface area (Å²) in [6.07, 6.45) is 0.199. The Morgan fingerprint density at radius 3 is 2.84 bits per heavy atom. The van der Waals surface area contributed by atoms with Crippen LogP contribution in [0.25, 0.3) is 0 Å². The van der Waals surface area contributed by atoms with E-state index in [1.165, 1.54) is 0 Å². The van der Waals surface area contributed by atoms with Gasteiger partial charge in [0.05, 0.1) is 6.10 Å². The van der Waals surface area contributed by atoms with Gasteiger partial charge in [0.15, 0.2) is 6.10 Å². The van der Waals surface area contributed by atoms with E-state index in [4.69, 9.17) is 16.3 Å². The summed E-state index contributed by atoms with van der Waals surface area (Å²) in [7, 11) is 0. The van der Waals surface area contributed by atoms with Gasteiger partial charge >= 0.3 is 0 Å². The third kappa shape index (κ3) is 4.58. The zero-order valence-corrected chi connectivity index (χ0v) is 11.8. The predicted molar refractivity (Wildman–Crippen MR) is 75.4 cm³/mol. The highest BCUT2D eigenvalue weighted by Gasteiger charge is 2.17. The molecule has 1 amide bonds. The predicted octanol–water partition coefficient (Wildman–Crippen LogP) is 2.46. The van der Waals surface area contributed by atoms with Gasteiger partial charge in [-0.25, -0.2) is 0 Å². The molecule has 0 saturated carbocycles. The van der Waals surface area contributed by atoms with Gasteiger partial charge in [0.25, 0.3) is 5.91 Å². The Kier molecular flexibility index (Phi) is 5.86. The number of nitrogens with one attached hydrogen (secondary N) is 1. The summed E-state index contributed by atoms with van der Waals surface area (Å²) in [5, 5.41) is 12.8. The molecule has 0 aliphatic rings. The zero-order chi connectivity index (χ0) is 14.4. The Morgan fingerprint density at radius 1 is 1.58 bits per heavy atom. The van der Waals surface area contributed by atoms with Crippen LogP contribution in [0.4, 0.5) is 0 Å². The van der Waals surface area contributed by atoms with Crippen LogP contribution in [0.5, 0.6) is 5.75 Å². The number of carbonyl (C=O) groups is 1. The van der Waals surface area contributed by atoms with Crippen LogP contribution in [0.3, 0.4) is 0 Å². The summed E-state index contributed by atoms with van der Waals surface area (Å²) in [5.41, 5.74) is 0.552. The summed E-state index contributed by atoms with van der Waals surface area (Å²) >= 11 is 5.87. The number of benzene rings is 1. The molecule has 0 saturated heterocycles. The fourth-order valence-electron chi connectivity index (χ4n) is 1.51. The number of rotatable bonds is 6. The third-order valence-electron chi connectivity index (χ3n) is 2.52. The molecule has 4 nitrogen and oxygen atoms in total. The van der Waals surface area contributed by atoms with E-state index >= 15 is 0 Å². The van der Waals surface area contributed by atoms with Crippen molar-refractivity contribution < 1.29 is 14.6 Å². The second kappa shape index (κ2) is 7.16. The Morgan fingerprint density at radius 2 is 2.26 bits per heavy atom. The van der Waals surface area contributed by atoms with E-state index < -0.39 is 12.2 Å². The lowest BCUT2D eigenvalue weighted by molar-refractivity contribution is -0.127. The van der Waals surface area contributed by atoms with Crippen LogP contribution in [0.2, 0.25) is 5.02 Å². The van der Waals surface area contributed by atoms with Crippen molar-refractivity contribution >= 4 is 17.5 Å². The number of hydrogen-bond donors (Lipinski definition) is 2. The van der Waals surface area contributed by atoms with Crippen molar-refractivity contribution in [2.45, 2.75) is 26.1 Å². The van der Waals surface area contributed by atoms with Crippen LogP contribution in [0.15, 0.2) is 30.9 Å². The van der Waals surface area contributed by atoms with Crippen molar-refractivity contribution in [1.29, 1.82) is 0 Å². The smallest absolute Gasteiger partial charge is 0.261 e. The van der Waals surface area contributed by atoms with E-state index in [2.05, 4.69) is 11.9 Å². The van der Waals surface area contributed by atoms with Crippen molar-refractivity contribution in [3.05, 3.63) is 41.4 Å². The minimum Gasteiger partial charge on any atom is -0.481 e. The molecule has 1 unspecified atom stereocenters. The second-order valence-electron chi connectivity index (χ2n) is 4.15. The quantitative estimate of drug-likeness (QED) is 0.789. The number of ether oxygens (including phenoxy) is 1. The molecule has 2 N–H and O–H groups in total. The molecular weight excluding hydrogens is 266 g/mol. The number of aliphatic hydroxyl groups is 1. The zero-order valence-electron chi connectivity index (χ0n) is 11.0. The van der Waals surface area contributed by atoms with Gasteiger partial charge < -0.3 is 15.2 Å². The van der Waals surface area contributed by atoms with Crippen molar-refractivity contribution in [3.8, 4) is 5.75 Å². The van der Waals surface area contributed by atoms with Crippen molar-refractivity contribution in [2.75, 3.05) is 6.54 Å². The Hall–Kier alpha value is -1.52. The minimum atomic E-state index is -0.725. The van der Waals surface area contributed by atoms with Gasteiger partial charge in [0.1, 0.15) is 5.75 Å². The first-order chi connectivity index (χ1) is 8.95. The van der Waals surface area contributed by atoms with E-state index in [0.29, 0.717) is 22.9 Å². The summed E-state index contributed by atoms with van der Waals surface area (Å²) in [6.45, 7) is 7.15. The molecular formula is C14H18ClNO3. The largest absolute Gasteiger partial charge is 0.481 e. The van der Waals surface area contributed by atoms with E-state index in [9.17, 15) is 9.90 Å². The van der Waals surface area contributed by atoms with Crippen LogP contribution in [0, 0.1) is 0 Å². The summed E-state index contributed by atoms with van der Waals surface area (Å²) in [5.74, 6) is 0.201. The normalized spacial score (nSPS) is 13.5. The fraction of sp³-hybridized carbons (Fsp3) is 0.357. The molecule has 0 radical (unpaired) electrons. The summed E-state index contributed by atoms with van der Waals surface area (Å²) in [6, 6.07) is 4.91. The molecule has 0 aromatic heterocycles. The van der Waals surface area contributed by atoms with Crippen molar-refractivity contribution in [3.63, 3.8) is 0 Å². The fourth-order valence-corrected chi connectivity index (χ4v) is 1.69. The van der Waals surface area contributed by atoms with E-state index in [1.807, 2.05) is 0 Å². The molecule has 1 rings (SSSR count). The van der Waals surface area contributed by atoms with Gasteiger partial charge in [-0.3, -0.25) is 4.79 Å². The van der Waals surface area contributed by atoms with E-state index in [-0.39, 0.29) is 5.91 Å². The Bertz CT molecular complexity index is 460.